The van der Waals surface area contributed by atoms with Crippen LogP contribution in [0.2, 0.25) is 0 Å². The van der Waals surface area contributed by atoms with Gasteiger partial charge in [0, 0.05) is 35.0 Å². The lowest BCUT2D eigenvalue weighted by molar-refractivity contribution is -0.140. The van der Waals surface area contributed by atoms with Crippen molar-refractivity contribution < 1.29 is 32.9 Å². The number of thiophene rings is 1. The van der Waals surface area contributed by atoms with Gasteiger partial charge in [-0.3, -0.25) is 9.59 Å². The number of hydrogen-bond donors (Lipinski definition) is 0. The van der Waals surface area contributed by atoms with Crippen molar-refractivity contribution >= 4 is 49.1 Å². The molecular weight excluding hydrogens is 443 g/mol. The molecule has 0 N–H and O–H groups in total. The number of alkyl halides is 1. The van der Waals surface area contributed by atoms with Crippen molar-refractivity contribution in [1.29, 1.82) is 0 Å². The van der Waals surface area contributed by atoms with E-state index in [1.807, 2.05) is 0 Å². The molecular formula is C18H20BrFO6S. The Bertz CT molecular complexity index is 807. The molecule has 0 spiro atoms. The van der Waals surface area contributed by atoms with Crippen LogP contribution in [0, 0.1) is 5.82 Å². The van der Waals surface area contributed by atoms with E-state index in [4.69, 9.17) is 14.2 Å². The van der Waals surface area contributed by atoms with Crippen molar-refractivity contribution in [3.05, 3.63) is 22.8 Å². The summed E-state index contributed by atoms with van der Waals surface area (Å²) < 4.78 is 35.9. The number of rotatable bonds is 11. The second-order valence-electron chi connectivity index (χ2n) is 5.48. The summed E-state index contributed by atoms with van der Waals surface area (Å²) in [5, 5.41) is 1.00. The van der Waals surface area contributed by atoms with E-state index in [0.717, 1.165) is 16.7 Å². The van der Waals surface area contributed by atoms with E-state index in [9.17, 15) is 14.0 Å². The molecule has 9 heteroatoms. The van der Waals surface area contributed by atoms with Gasteiger partial charge in [-0.05, 0) is 12.5 Å². The Hall–Kier alpha value is -1.71. The molecule has 1 aromatic heterocycles. The molecule has 0 atom stereocenters. The van der Waals surface area contributed by atoms with Gasteiger partial charge in [0.05, 0.1) is 25.0 Å². The number of methoxy groups -OCH3 is 2. The molecule has 2 rings (SSSR count). The highest BCUT2D eigenvalue weighted by molar-refractivity contribution is 9.09. The number of carbonyl (C=O) groups excluding carboxylic acids is 2. The SMILES string of the molecule is COCOc1cc2sc(C(=O)CCC(=O)OC)cc2c(F)c1OCCCBr. The molecule has 0 aliphatic rings. The fourth-order valence-electron chi connectivity index (χ4n) is 2.27. The number of fused-ring (bicyclic) bond motifs is 1. The van der Waals surface area contributed by atoms with Crippen LogP contribution in [0.4, 0.5) is 4.39 Å². The van der Waals surface area contributed by atoms with E-state index in [1.165, 1.54) is 20.3 Å². The molecule has 0 saturated carbocycles. The van der Waals surface area contributed by atoms with Gasteiger partial charge in [0.15, 0.2) is 29.9 Å². The first-order chi connectivity index (χ1) is 13.0. The lowest BCUT2D eigenvalue weighted by atomic mass is 10.1. The Balaban J connectivity index is 2.33. The number of esters is 1. The zero-order valence-electron chi connectivity index (χ0n) is 15.0. The minimum Gasteiger partial charge on any atom is -0.487 e. The van der Waals surface area contributed by atoms with Crippen LogP contribution >= 0.6 is 27.3 Å². The number of ketones is 1. The Labute approximate surface area is 168 Å². The number of benzene rings is 1. The van der Waals surface area contributed by atoms with Gasteiger partial charge in [-0.25, -0.2) is 4.39 Å². The molecule has 0 saturated heterocycles. The van der Waals surface area contributed by atoms with Crippen molar-refractivity contribution in [1.82, 2.24) is 0 Å². The number of halogens is 2. The lowest BCUT2D eigenvalue weighted by Gasteiger charge is -2.13. The molecule has 148 valence electrons. The highest BCUT2D eigenvalue weighted by Crippen LogP contribution is 2.40. The third kappa shape index (κ3) is 5.63. The normalized spacial score (nSPS) is 10.8. The van der Waals surface area contributed by atoms with Crippen LogP contribution in [0.5, 0.6) is 11.5 Å². The molecule has 2 aromatic rings. The summed E-state index contributed by atoms with van der Waals surface area (Å²) in [5.41, 5.74) is 0. The zero-order valence-corrected chi connectivity index (χ0v) is 17.4. The average Bonchev–Trinajstić information content (AvgIpc) is 3.10. The second-order valence-corrected chi connectivity index (χ2v) is 7.36. The highest BCUT2D eigenvalue weighted by Gasteiger charge is 2.21. The van der Waals surface area contributed by atoms with Gasteiger partial charge >= 0.3 is 5.97 Å². The average molecular weight is 463 g/mol. The van der Waals surface area contributed by atoms with Gasteiger partial charge in [0.2, 0.25) is 0 Å². The number of hydrogen-bond acceptors (Lipinski definition) is 7. The van der Waals surface area contributed by atoms with E-state index in [2.05, 4.69) is 20.7 Å². The van der Waals surface area contributed by atoms with Gasteiger partial charge in [0.1, 0.15) is 0 Å². The van der Waals surface area contributed by atoms with Gasteiger partial charge in [-0.2, -0.15) is 0 Å². The maximum absolute atomic E-state index is 15.0. The predicted octanol–water partition coefficient (Wildman–Crippen LogP) is 4.32. The van der Waals surface area contributed by atoms with E-state index >= 15 is 0 Å². The molecule has 0 unspecified atom stereocenters. The van der Waals surface area contributed by atoms with E-state index < -0.39 is 11.8 Å². The third-order valence-electron chi connectivity index (χ3n) is 3.60. The first-order valence-electron chi connectivity index (χ1n) is 8.18. The second kappa shape index (κ2) is 10.6. The van der Waals surface area contributed by atoms with Crippen LogP contribution < -0.4 is 9.47 Å². The van der Waals surface area contributed by atoms with Gasteiger partial charge < -0.3 is 18.9 Å². The van der Waals surface area contributed by atoms with Crippen LogP contribution in [-0.2, 0) is 14.3 Å². The quantitative estimate of drug-likeness (QED) is 0.163. The summed E-state index contributed by atoms with van der Waals surface area (Å²) in [6.45, 7) is 0.252. The van der Waals surface area contributed by atoms with E-state index in [0.29, 0.717) is 22.6 Å². The van der Waals surface area contributed by atoms with E-state index in [-0.39, 0.29) is 42.3 Å². The molecule has 0 amide bonds. The topological polar surface area (TPSA) is 71.1 Å². The van der Waals surface area contributed by atoms with Crippen molar-refractivity contribution in [2.24, 2.45) is 0 Å². The summed E-state index contributed by atoms with van der Waals surface area (Å²) >= 11 is 4.44. The summed E-state index contributed by atoms with van der Waals surface area (Å²) in [7, 11) is 2.73. The first-order valence-corrected chi connectivity index (χ1v) is 10.1. The molecule has 0 fully saturated rings. The smallest absolute Gasteiger partial charge is 0.305 e. The Morgan fingerprint density at radius 1 is 1.19 bits per heavy atom. The zero-order chi connectivity index (χ0) is 19.8. The Morgan fingerprint density at radius 2 is 1.96 bits per heavy atom. The summed E-state index contributed by atoms with van der Waals surface area (Å²) in [4.78, 5) is 23.9. The Morgan fingerprint density at radius 3 is 2.63 bits per heavy atom. The minimum absolute atomic E-state index is 0.00273. The maximum atomic E-state index is 15.0. The summed E-state index contributed by atoms with van der Waals surface area (Å²) in [6, 6.07) is 3.11. The van der Waals surface area contributed by atoms with Crippen LogP contribution in [0.25, 0.3) is 10.1 Å². The number of Topliss-reactive ketones (excluding diaryl/α,β-unsaturated/α-hetero) is 1. The lowest BCUT2D eigenvalue weighted by Crippen LogP contribution is -2.05. The monoisotopic (exact) mass is 462 g/mol. The van der Waals surface area contributed by atoms with Crippen LogP contribution in [0.1, 0.15) is 28.9 Å². The first kappa shape index (κ1) is 21.6. The molecule has 27 heavy (non-hydrogen) atoms. The molecule has 0 radical (unpaired) electrons. The molecule has 1 heterocycles. The number of carbonyl (C=O) groups is 2. The van der Waals surface area contributed by atoms with Gasteiger partial charge in [0.25, 0.3) is 0 Å². The summed E-state index contributed by atoms with van der Waals surface area (Å²) in [6.07, 6.45) is 0.681. The number of ether oxygens (including phenoxy) is 4. The van der Waals surface area contributed by atoms with Crippen molar-refractivity contribution in [3.63, 3.8) is 0 Å². The van der Waals surface area contributed by atoms with Gasteiger partial charge in [-0.15, -0.1) is 11.3 Å². The van der Waals surface area contributed by atoms with Crippen molar-refractivity contribution in [2.45, 2.75) is 19.3 Å². The standard InChI is InChI=1S/C18H20BrFO6S/c1-23-10-26-13-9-14-11(17(20)18(13)25-7-3-6-19)8-15(27-14)12(21)4-5-16(22)24-2/h8-9H,3-7,10H2,1-2H3. The molecule has 0 bridgehead atoms. The molecule has 6 nitrogen and oxygen atoms in total. The predicted molar refractivity (Wildman–Crippen MR) is 104 cm³/mol. The van der Waals surface area contributed by atoms with Crippen LogP contribution in [0.3, 0.4) is 0 Å². The maximum Gasteiger partial charge on any atom is 0.305 e. The van der Waals surface area contributed by atoms with Crippen LogP contribution in [-0.4, -0.2) is 44.7 Å². The molecule has 1 aromatic carbocycles. The largest absolute Gasteiger partial charge is 0.487 e. The minimum atomic E-state index is -0.587. The van der Waals surface area contributed by atoms with Gasteiger partial charge in [-0.1, -0.05) is 15.9 Å². The molecule has 0 aliphatic carbocycles. The third-order valence-corrected chi connectivity index (χ3v) is 5.28. The highest BCUT2D eigenvalue weighted by atomic mass is 79.9. The fourth-order valence-corrected chi connectivity index (χ4v) is 3.55. The molecule has 0 aliphatic heterocycles. The fraction of sp³-hybridized carbons (Fsp3) is 0.444. The van der Waals surface area contributed by atoms with Crippen molar-refractivity contribution in [2.75, 3.05) is 32.9 Å². The summed E-state index contributed by atoms with van der Waals surface area (Å²) in [5.74, 6) is -1.09. The Kier molecular flexibility index (Phi) is 8.46. The van der Waals surface area contributed by atoms with Crippen LogP contribution in [0.15, 0.2) is 12.1 Å². The van der Waals surface area contributed by atoms with E-state index in [1.54, 1.807) is 6.07 Å². The van der Waals surface area contributed by atoms with Crippen molar-refractivity contribution in [3.8, 4) is 11.5 Å².